The molecule has 20 nitrogen and oxygen atoms in total. The summed E-state index contributed by atoms with van der Waals surface area (Å²) in [7, 11) is 4.66. The number of hydrogen-bond acceptors (Lipinski definition) is 12. The molecule has 2 fully saturated rings. The third-order valence-corrected chi connectivity index (χ3v) is 11.5. The number of benzene rings is 1. The molecule has 0 spiro atoms. The summed E-state index contributed by atoms with van der Waals surface area (Å²) in [5.74, 6) is -8.90. The number of nitrogens with one attached hydrogen (secondary N) is 6. The number of Topliss-reactive ketones (excluding diaryl/α,β-unsaturated/α-hetero) is 1. The second-order valence-corrected chi connectivity index (χ2v) is 17.9. The monoisotopic (exact) mass is 960 g/mol. The Morgan fingerprint density at radius 2 is 1.49 bits per heavy atom. The van der Waals surface area contributed by atoms with Crippen molar-refractivity contribution in [3.63, 3.8) is 0 Å². The number of aromatic nitrogens is 2. The van der Waals surface area contributed by atoms with Gasteiger partial charge in [0.05, 0.1) is 30.7 Å². The van der Waals surface area contributed by atoms with Crippen LogP contribution in [0.2, 0.25) is 0 Å². The molecule has 1 aromatic carbocycles. The number of carboxylic acids is 1. The highest BCUT2D eigenvalue weighted by molar-refractivity contribution is 6.38. The largest absolute Gasteiger partial charge is 0.490 e. The van der Waals surface area contributed by atoms with Crippen molar-refractivity contribution in [2.75, 3.05) is 40.8 Å². The maximum absolute atomic E-state index is 14.4. The molecular formula is C45H63F3N10O10. The molecule has 7 N–H and O–H groups in total. The van der Waals surface area contributed by atoms with Crippen molar-refractivity contribution < 1.29 is 61.4 Å². The van der Waals surface area contributed by atoms with Crippen LogP contribution in [0.5, 0.6) is 0 Å². The van der Waals surface area contributed by atoms with Crippen LogP contribution in [0.4, 0.5) is 13.2 Å². The Hall–Kier alpha value is -6.52. The molecule has 7 amide bonds. The van der Waals surface area contributed by atoms with E-state index in [0.29, 0.717) is 12.0 Å². The summed E-state index contributed by atoms with van der Waals surface area (Å²) in [6.07, 6.45) is 3.93. The summed E-state index contributed by atoms with van der Waals surface area (Å²) in [6, 6.07) is 3.70. The molecule has 1 saturated heterocycles. The van der Waals surface area contributed by atoms with Crippen LogP contribution in [0, 0.1) is 17.3 Å². The molecule has 23 heteroatoms. The van der Waals surface area contributed by atoms with Crippen LogP contribution >= 0.6 is 0 Å². The molecule has 374 valence electrons. The summed E-state index contributed by atoms with van der Waals surface area (Å²) < 4.78 is 31.7. The summed E-state index contributed by atoms with van der Waals surface area (Å²) in [5, 5.41) is 23.7. The zero-order valence-electron chi connectivity index (χ0n) is 39.3. The summed E-state index contributed by atoms with van der Waals surface area (Å²) >= 11 is 0. The Morgan fingerprint density at radius 1 is 0.853 bits per heavy atom. The number of hydrogen-bond donors (Lipinski definition) is 7. The zero-order chi connectivity index (χ0) is 50.9. The molecule has 4 rings (SSSR count). The standard InChI is InChI=1S/C43H62N10O8.C2HF3O2/c1-8-15-29(35(55)40(59)47-25-32(54)49-34(41(60)52(5)6)27-18-13-10-14-19-27)48-37(56)28-22-45-24-31(28)53(7)42(61)36(43(2,3)4)51-39(58)33(26-16-11-9-12-17-26)50-38(57)30-23-44-20-21-46-30;3-2(4,5)1(6)7/h10,13-14,18-21,23,26,28-29,31,33-34,36,45H,8-9,11-12,15-17,22,24-25H2,1-7H3,(H,47,59)(H,48,56)(H,49,54)(H,50,57)(H,51,58);(H,6,7)/t28-,29+,31+,33+,34+,36-;/m1./s1. The molecule has 1 aliphatic heterocycles. The van der Waals surface area contributed by atoms with E-state index in [1.54, 1.807) is 58.4 Å². The van der Waals surface area contributed by atoms with Crippen molar-refractivity contribution in [2.45, 2.75) is 109 Å². The molecule has 2 heterocycles. The lowest BCUT2D eigenvalue weighted by molar-refractivity contribution is -0.192. The van der Waals surface area contributed by atoms with Crippen molar-refractivity contribution in [2.24, 2.45) is 17.3 Å². The maximum Gasteiger partial charge on any atom is 0.490 e. The fraction of sp³-hybridized carbons (Fsp3) is 0.578. The third-order valence-electron chi connectivity index (χ3n) is 11.5. The minimum atomic E-state index is -5.08. The van der Waals surface area contributed by atoms with Crippen LogP contribution in [0.25, 0.3) is 0 Å². The Bertz CT molecular complexity index is 2080. The van der Waals surface area contributed by atoms with E-state index < -0.39 is 101 Å². The maximum atomic E-state index is 14.4. The van der Waals surface area contributed by atoms with Crippen molar-refractivity contribution in [3.05, 3.63) is 60.2 Å². The minimum absolute atomic E-state index is 0.0652. The molecule has 68 heavy (non-hydrogen) atoms. The first-order valence-corrected chi connectivity index (χ1v) is 22.2. The van der Waals surface area contributed by atoms with E-state index in [4.69, 9.17) is 9.90 Å². The number of halogens is 3. The Balaban J connectivity index is 0.00000162. The van der Waals surface area contributed by atoms with E-state index in [1.807, 2.05) is 20.8 Å². The van der Waals surface area contributed by atoms with E-state index in [1.165, 1.54) is 28.4 Å². The van der Waals surface area contributed by atoms with Gasteiger partial charge in [0.2, 0.25) is 35.3 Å². The second-order valence-electron chi connectivity index (χ2n) is 17.9. The highest BCUT2D eigenvalue weighted by Gasteiger charge is 2.44. The lowest BCUT2D eigenvalue weighted by Gasteiger charge is -2.38. The van der Waals surface area contributed by atoms with Gasteiger partial charge in [-0.3, -0.25) is 43.3 Å². The zero-order valence-corrected chi connectivity index (χ0v) is 39.3. The number of carbonyl (C=O) groups excluding carboxylic acids is 8. The number of carbonyl (C=O) groups is 9. The van der Waals surface area contributed by atoms with Gasteiger partial charge >= 0.3 is 12.1 Å². The number of rotatable bonds is 18. The molecule has 1 saturated carbocycles. The molecule has 0 radical (unpaired) electrons. The number of carboxylic acid groups (broad SMARTS) is 1. The minimum Gasteiger partial charge on any atom is -0.475 e. The Labute approximate surface area is 392 Å². The molecule has 1 aliphatic carbocycles. The van der Waals surface area contributed by atoms with Gasteiger partial charge in [0.25, 0.3) is 11.8 Å². The second kappa shape index (κ2) is 25.6. The summed E-state index contributed by atoms with van der Waals surface area (Å²) in [5.41, 5.74) is -0.183. The molecule has 6 atom stereocenters. The average molecular weight is 961 g/mol. The smallest absolute Gasteiger partial charge is 0.475 e. The van der Waals surface area contributed by atoms with E-state index in [9.17, 15) is 51.5 Å². The average Bonchev–Trinajstić information content (AvgIpc) is 3.80. The first kappa shape index (κ1) is 55.8. The molecule has 0 bridgehead atoms. The van der Waals surface area contributed by atoms with Crippen LogP contribution in [0.3, 0.4) is 0 Å². The first-order chi connectivity index (χ1) is 31.9. The number of alkyl halides is 3. The van der Waals surface area contributed by atoms with Gasteiger partial charge in [-0.05, 0) is 36.2 Å². The molecular weight excluding hydrogens is 898 g/mol. The lowest BCUT2D eigenvalue weighted by Crippen LogP contribution is -2.61. The SMILES string of the molecule is CCC[C@H](NC(=O)[C@@H]1CNC[C@@H]1N(C)C(=O)[C@@H](NC(=O)[C@@H](NC(=O)c1cnccn1)C1CCCCC1)C(C)(C)C)C(=O)C(=O)NCC(=O)N[C@H](C(=O)N(C)C)c1ccccc1.O=C(O)C(F)(F)F. The summed E-state index contributed by atoms with van der Waals surface area (Å²) in [6.45, 7) is 7.05. The van der Waals surface area contributed by atoms with Crippen LogP contribution in [-0.4, -0.2) is 149 Å². The number of aliphatic carboxylic acids is 1. The van der Waals surface area contributed by atoms with Crippen LogP contribution in [0.15, 0.2) is 48.9 Å². The number of nitrogens with zero attached hydrogens (tertiary/aromatic N) is 4. The molecule has 2 aromatic rings. The molecule has 1 aromatic heterocycles. The van der Waals surface area contributed by atoms with E-state index >= 15 is 0 Å². The van der Waals surface area contributed by atoms with Crippen molar-refractivity contribution in [1.29, 1.82) is 0 Å². The van der Waals surface area contributed by atoms with Gasteiger partial charge in [-0.15, -0.1) is 0 Å². The fourth-order valence-corrected chi connectivity index (χ4v) is 7.73. The fourth-order valence-electron chi connectivity index (χ4n) is 7.73. The highest BCUT2D eigenvalue weighted by atomic mass is 19.4. The topological polar surface area (TPSA) is 278 Å². The van der Waals surface area contributed by atoms with Crippen molar-refractivity contribution in [1.82, 2.24) is 51.7 Å². The van der Waals surface area contributed by atoms with Gasteiger partial charge < -0.3 is 46.8 Å². The van der Waals surface area contributed by atoms with E-state index in [-0.39, 0.29) is 37.0 Å². The van der Waals surface area contributed by atoms with Crippen molar-refractivity contribution >= 4 is 53.1 Å². The van der Waals surface area contributed by atoms with Crippen LogP contribution in [0.1, 0.15) is 94.7 Å². The summed E-state index contributed by atoms with van der Waals surface area (Å²) in [4.78, 5) is 127. The third kappa shape index (κ3) is 16.4. The number of ketones is 1. The quantitative estimate of drug-likeness (QED) is 0.104. The molecule has 0 unspecified atom stereocenters. The normalized spacial score (nSPS) is 17.9. The van der Waals surface area contributed by atoms with Crippen LogP contribution < -0.4 is 31.9 Å². The van der Waals surface area contributed by atoms with E-state index in [0.717, 1.165) is 32.1 Å². The Kier molecular flexibility index (Phi) is 21.0. The van der Waals surface area contributed by atoms with Gasteiger partial charge in [-0.1, -0.05) is 83.7 Å². The van der Waals surface area contributed by atoms with Gasteiger partial charge in [0.15, 0.2) is 0 Å². The van der Waals surface area contributed by atoms with Crippen molar-refractivity contribution in [3.8, 4) is 0 Å². The number of likely N-dealkylation sites (N-methyl/N-ethyl adjacent to an activating group) is 2. The number of amides is 7. The first-order valence-electron chi connectivity index (χ1n) is 22.2. The van der Waals surface area contributed by atoms with Gasteiger partial charge in [0.1, 0.15) is 23.8 Å². The van der Waals surface area contributed by atoms with Gasteiger partial charge in [-0.2, -0.15) is 13.2 Å². The van der Waals surface area contributed by atoms with Crippen LogP contribution in [-0.2, 0) is 38.4 Å². The van der Waals surface area contributed by atoms with Gasteiger partial charge in [-0.25, -0.2) is 9.78 Å². The predicted molar refractivity (Wildman–Crippen MR) is 239 cm³/mol. The van der Waals surface area contributed by atoms with E-state index in [2.05, 4.69) is 41.9 Å². The lowest BCUT2D eigenvalue weighted by atomic mass is 9.82. The predicted octanol–water partition coefficient (Wildman–Crippen LogP) is 1.28. The molecule has 2 aliphatic rings. The van der Waals surface area contributed by atoms with Gasteiger partial charge in [0, 0.05) is 46.6 Å². The highest BCUT2D eigenvalue weighted by Crippen LogP contribution is 2.29. The Morgan fingerprint density at radius 3 is 2.03 bits per heavy atom.